The molecule has 3 rings (SSSR count). The molecule has 0 fully saturated rings. The molecular weight excluding hydrogens is 364 g/mol. The van der Waals surface area contributed by atoms with Crippen molar-refractivity contribution in [1.82, 2.24) is 15.1 Å². The summed E-state index contributed by atoms with van der Waals surface area (Å²) in [6.45, 7) is 3.71. The van der Waals surface area contributed by atoms with Crippen molar-refractivity contribution in [2.24, 2.45) is 0 Å². The Bertz CT molecular complexity index is 1010. The molecule has 0 saturated carbocycles. The molecule has 2 N–H and O–H groups in total. The first kappa shape index (κ1) is 18.7. The van der Waals surface area contributed by atoms with Crippen molar-refractivity contribution in [2.45, 2.75) is 13.8 Å². The van der Waals surface area contributed by atoms with Gasteiger partial charge in [-0.2, -0.15) is 5.10 Å². The summed E-state index contributed by atoms with van der Waals surface area (Å²) in [7, 11) is 1.53. The summed E-state index contributed by atoms with van der Waals surface area (Å²) in [6, 6.07) is 10.4. The van der Waals surface area contributed by atoms with Crippen LogP contribution in [0.1, 0.15) is 31.8 Å². The summed E-state index contributed by atoms with van der Waals surface area (Å²) in [5, 5.41) is 10.0. The van der Waals surface area contributed by atoms with E-state index in [1.54, 1.807) is 36.0 Å². The van der Waals surface area contributed by atoms with Crippen molar-refractivity contribution < 1.29 is 9.59 Å². The lowest BCUT2D eigenvalue weighted by molar-refractivity contribution is 0.0964. The number of aryl methyl sites for hydroxylation is 2. The molecule has 0 atom stereocenters. The molecule has 6 nitrogen and oxygen atoms in total. The number of benzene rings is 2. The van der Waals surface area contributed by atoms with Gasteiger partial charge in [0.05, 0.1) is 16.9 Å². The van der Waals surface area contributed by atoms with E-state index in [0.29, 0.717) is 27.4 Å². The molecule has 2 amide bonds. The van der Waals surface area contributed by atoms with Gasteiger partial charge in [-0.25, -0.2) is 4.68 Å². The maximum absolute atomic E-state index is 12.8. The van der Waals surface area contributed by atoms with Crippen LogP contribution in [0.5, 0.6) is 0 Å². The fourth-order valence-electron chi connectivity index (χ4n) is 2.87. The standard InChI is InChI=1S/C20H19ClN4O2/c1-12-9-14(5-6-17(12)25-8-4-7-23-25)19(26)24-18-13(2)10-15(21)11-16(18)20(27)22-3/h4-11H,1-3H3,(H,22,27)(H,24,26). The van der Waals surface area contributed by atoms with Gasteiger partial charge in [-0.15, -0.1) is 0 Å². The highest BCUT2D eigenvalue weighted by molar-refractivity contribution is 6.31. The minimum atomic E-state index is -0.318. The van der Waals surface area contributed by atoms with Crippen LogP contribution in [0.15, 0.2) is 48.8 Å². The van der Waals surface area contributed by atoms with Crippen LogP contribution >= 0.6 is 11.6 Å². The lowest BCUT2D eigenvalue weighted by Crippen LogP contribution is -2.22. The van der Waals surface area contributed by atoms with Crippen LogP contribution < -0.4 is 10.6 Å². The monoisotopic (exact) mass is 382 g/mol. The minimum absolute atomic E-state index is 0.305. The molecule has 3 aromatic rings. The van der Waals surface area contributed by atoms with Gasteiger partial charge in [0.15, 0.2) is 0 Å². The number of anilines is 1. The van der Waals surface area contributed by atoms with Crippen LogP contribution in [0.4, 0.5) is 5.69 Å². The smallest absolute Gasteiger partial charge is 0.255 e. The van der Waals surface area contributed by atoms with Gasteiger partial charge >= 0.3 is 0 Å². The van der Waals surface area contributed by atoms with Crippen molar-refractivity contribution in [1.29, 1.82) is 0 Å². The SMILES string of the molecule is CNC(=O)c1cc(Cl)cc(C)c1NC(=O)c1ccc(-n2cccn2)c(C)c1. The van der Waals surface area contributed by atoms with Gasteiger partial charge in [-0.3, -0.25) is 9.59 Å². The number of nitrogens with one attached hydrogen (secondary N) is 2. The van der Waals surface area contributed by atoms with E-state index in [2.05, 4.69) is 15.7 Å². The molecule has 0 radical (unpaired) electrons. The summed E-state index contributed by atoms with van der Waals surface area (Å²) in [4.78, 5) is 24.9. The molecule has 0 spiro atoms. The van der Waals surface area contributed by atoms with Crippen molar-refractivity contribution in [2.75, 3.05) is 12.4 Å². The van der Waals surface area contributed by atoms with Gasteiger partial charge in [-0.05, 0) is 61.4 Å². The third-order valence-corrected chi connectivity index (χ3v) is 4.44. The lowest BCUT2D eigenvalue weighted by atomic mass is 10.1. The fraction of sp³-hybridized carbons (Fsp3) is 0.150. The van der Waals surface area contributed by atoms with E-state index >= 15 is 0 Å². The maximum Gasteiger partial charge on any atom is 0.255 e. The Kier molecular flexibility index (Phi) is 5.28. The van der Waals surface area contributed by atoms with Crippen LogP contribution in [-0.2, 0) is 0 Å². The summed E-state index contributed by atoms with van der Waals surface area (Å²) in [5.41, 5.74) is 3.76. The average Bonchev–Trinajstić information content (AvgIpc) is 3.17. The predicted octanol–water partition coefficient (Wildman–Crippen LogP) is 3.75. The Morgan fingerprint density at radius 2 is 1.85 bits per heavy atom. The lowest BCUT2D eigenvalue weighted by Gasteiger charge is -2.15. The predicted molar refractivity (Wildman–Crippen MR) is 106 cm³/mol. The van der Waals surface area contributed by atoms with Crippen molar-refractivity contribution in [3.8, 4) is 5.69 Å². The highest BCUT2D eigenvalue weighted by Gasteiger charge is 2.17. The number of carbonyl (C=O) groups is 2. The number of rotatable bonds is 4. The van der Waals surface area contributed by atoms with Gasteiger partial charge in [0, 0.05) is 30.0 Å². The summed E-state index contributed by atoms with van der Waals surface area (Å²) in [6.07, 6.45) is 3.54. The molecule has 1 heterocycles. The molecule has 7 heteroatoms. The number of halogens is 1. The van der Waals surface area contributed by atoms with Crippen LogP contribution in [0.25, 0.3) is 5.69 Å². The van der Waals surface area contributed by atoms with Crippen molar-refractivity contribution in [3.63, 3.8) is 0 Å². The van der Waals surface area contributed by atoms with Crippen LogP contribution in [-0.4, -0.2) is 28.6 Å². The van der Waals surface area contributed by atoms with Gasteiger partial charge in [0.1, 0.15) is 0 Å². The number of nitrogens with zero attached hydrogens (tertiary/aromatic N) is 2. The minimum Gasteiger partial charge on any atom is -0.355 e. The molecule has 27 heavy (non-hydrogen) atoms. The first-order chi connectivity index (χ1) is 12.9. The molecule has 0 unspecified atom stereocenters. The zero-order valence-electron chi connectivity index (χ0n) is 15.2. The first-order valence-electron chi connectivity index (χ1n) is 8.35. The van der Waals surface area contributed by atoms with E-state index < -0.39 is 0 Å². The highest BCUT2D eigenvalue weighted by atomic mass is 35.5. The number of hydrogen-bond acceptors (Lipinski definition) is 3. The molecule has 0 bridgehead atoms. The van der Waals surface area contributed by atoms with E-state index in [4.69, 9.17) is 11.6 Å². The Morgan fingerprint density at radius 3 is 2.48 bits per heavy atom. The number of amides is 2. The van der Waals surface area contributed by atoms with Crippen molar-refractivity contribution in [3.05, 3.63) is 76.1 Å². The summed E-state index contributed by atoms with van der Waals surface area (Å²) >= 11 is 6.06. The molecule has 138 valence electrons. The van der Waals surface area contributed by atoms with E-state index in [1.165, 1.54) is 13.1 Å². The molecule has 0 aliphatic rings. The topological polar surface area (TPSA) is 76.0 Å². The second kappa shape index (κ2) is 7.63. The average molecular weight is 383 g/mol. The zero-order chi connectivity index (χ0) is 19.6. The van der Waals surface area contributed by atoms with Gasteiger partial charge in [0.2, 0.25) is 0 Å². The highest BCUT2D eigenvalue weighted by Crippen LogP contribution is 2.26. The Hall–Kier alpha value is -3.12. The third kappa shape index (κ3) is 3.85. The van der Waals surface area contributed by atoms with E-state index in [0.717, 1.165) is 11.3 Å². The Labute approximate surface area is 162 Å². The van der Waals surface area contributed by atoms with Crippen LogP contribution in [0.3, 0.4) is 0 Å². The molecule has 1 aromatic heterocycles. The van der Waals surface area contributed by atoms with Crippen LogP contribution in [0.2, 0.25) is 5.02 Å². The molecular formula is C20H19ClN4O2. The van der Waals surface area contributed by atoms with E-state index in [9.17, 15) is 9.59 Å². The van der Waals surface area contributed by atoms with Crippen molar-refractivity contribution >= 4 is 29.1 Å². The Balaban J connectivity index is 1.92. The first-order valence-corrected chi connectivity index (χ1v) is 8.72. The second-order valence-electron chi connectivity index (χ2n) is 6.13. The quantitative estimate of drug-likeness (QED) is 0.721. The normalized spacial score (nSPS) is 10.5. The summed E-state index contributed by atoms with van der Waals surface area (Å²) < 4.78 is 1.74. The molecule has 0 aliphatic heterocycles. The third-order valence-electron chi connectivity index (χ3n) is 4.22. The molecule has 0 saturated heterocycles. The van der Waals surface area contributed by atoms with E-state index in [1.807, 2.05) is 25.3 Å². The zero-order valence-corrected chi connectivity index (χ0v) is 16.0. The van der Waals surface area contributed by atoms with Gasteiger partial charge < -0.3 is 10.6 Å². The number of hydrogen-bond donors (Lipinski definition) is 2. The molecule has 2 aromatic carbocycles. The van der Waals surface area contributed by atoms with Gasteiger partial charge in [-0.1, -0.05) is 11.6 Å². The number of carbonyl (C=O) groups excluding carboxylic acids is 2. The fourth-order valence-corrected chi connectivity index (χ4v) is 3.15. The Morgan fingerprint density at radius 1 is 1.07 bits per heavy atom. The maximum atomic E-state index is 12.8. The van der Waals surface area contributed by atoms with E-state index in [-0.39, 0.29) is 11.8 Å². The second-order valence-corrected chi connectivity index (χ2v) is 6.57. The van der Waals surface area contributed by atoms with Crippen LogP contribution in [0, 0.1) is 13.8 Å². The largest absolute Gasteiger partial charge is 0.355 e. The van der Waals surface area contributed by atoms with Gasteiger partial charge in [0.25, 0.3) is 11.8 Å². The summed E-state index contributed by atoms with van der Waals surface area (Å²) in [5.74, 6) is -0.623. The molecule has 0 aliphatic carbocycles. The number of aromatic nitrogens is 2.